The van der Waals surface area contributed by atoms with Crippen molar-refractivity contribution in [2.24, 2.45) is 0 Å². The molecule has 0 aliphatic heterocycles. The zero-order valence-corrected chi connectivity index (χ0v) is 8.82. The van der Waals surface area contributed by atoms with Crippen LogP contribution in [0, 0.1) is 0 Å². The van der Waals surface area contributed by atoms with Gasteiger partial charge in [0.1, 0.15) is 6.33 Å². The fraction of sp³-hybridized carbons (Fsp3) is 0. The van der Waals surface area contributed by atoms with Gasteiger partial charge in [-0.25, -0.2) is 14.8 Å². The van der Waals surface area contributed by atoms with Crippen LogP contribution in [0.5, 0.6) is 0 Å². The number of nitrogens with zero attached hydrogens (tertiary/aromatic N) is 3. The van der Waals surface area contributed by atoms with E-state index in [0.717, 1.165) is 0 Å². The molecule has 5 nitrogen and oxygen atoms in total. The summed E-state index contributed by atoms with van der Waals surface area (Å²) in [6, 6.07) is 3.52. The first-order chi connectivity index (χ1) is 8.27. The Morgan fingerprint density at radius 3 is 2.53 bits per heavy atom. The lowest BCUT2D eigenvalue weighted by atomic mass is 10.1. The average Bonchev–Trinajstić information content (AvgIpc) is 2.38. The van der Waals surface area contributed by atoms with Crippen molar-refractivity contribution in [2.75, 3.05) is 0 Å². The molecular weight excluding hydrogens is 218 g/mol. The molecule has 2 aromatic heterocycles. The van der Waals surface area contributed by atoms with E-state index >= 15 is 0 Å². The van der Waals surface area contributed by atoms with Crippen LogP contribution < -0.4 is 0 Å². The van der Waals surface area contributed by atoms with Crippen LogP contribution in [0.15, 0.2) is 43.2 Å². The Kier molecular flexibility index (Phi) is 3.20. The van der Waals surface area contributed by atoms with E-state index in [1.54, 1.807) is 24.5 Å². The predicted molar refractivity (Wildman–Crippen MR) is 61.8 cm³/mol. The molecule has 0 unspecified atom stereocenters. The number of carboxylic acid groups (broad SMARTS) is 1. The second kappa shape index (κ2) is 4.98. The molecule has 0 saturated carbocycles. The van der Waals surface area contributed by atoms with Crippen LogP contribution in [0.25, 0.3) is 11.6 Å². The molecule has 17 heavy (non-hydrogen) atoms. The molecule has 0 atom stereocenters. The number of carbonyl (C=O) groups is 1. The Bertz CT molecular complexity index is 538. The van der Waals surface area contributed by atoms with E-state index in [-0.39, 0.29) is 5.57 Å². The maximum Gasteiger partial charge on any atom is 0.336 e. The molecule has 0 fully saturated rings. The Balaban J connectivity index is 2.44. The van der Waals surface area contributed by atoms with Gasteiger partial charge in [-0.05, 0) is 17.7 Å². The van der Waals surface area contributed by atoms with Crippen molar-refractivity contribution >= 4 is 17.6 Å². The molecule has 2 rings (SSSR count). The van der Waals surface area contributed by atoms with Crippen molar-refractivity contribution < 1.29 is 9.90 Å². The van der Waals surface area contributed by atoms with Gasteiger partial charge in [0, 0.05) is 30.4 Å². The van der Waals surface area contributed by atoms with Crippen LogP contribution in [0.1, 0.15) is 11.1 Å². The summed E-state index contributed by atoms with van der Waals surface area (Å²) < 4.78 is 0. The van der Waals surface area contributed by atoms with Crippen molar-refractivity contribution in [2.45, 2.75) is 0 Å². The molecule has 2 heterocycles. The Labute approximate surface area is 97.5 Å². The molecule has 0 aliphatic rings. The first kappa shape index (κ1) is 10.9. The molecule has 0 aliphatic carbocycles. The van der Waals surface area contributed by atoms with E-state index in [1.165, 1.54) is 24.8 Å². The van der Waals surface area contributed by atoms with Gasteiger partial charge >= 0.3 is 5.97 Å². The van der Waals surface area contributed by atoms with E-state index in [0.29, 0.717) is 11.1 Å². The number of carboxylic acids is 1. The van der Waals surface area contributed by atoms with Gasteiger partial charge in [-0.15, -0.1) is 0 Å². The van der Waals surface area contributed by atoms with Crippen LogP contribution in [0.3, 0.4) is 0 Å². The van der Waals surface area contributed by atoms with Crippen molar-refractivity contribution in [3.8, 4) is 0 Å². The van der Waals surface area contributed by atoms with E-state index in [9.17, 15) is 4.79 Å². The minimum absolute atomic E-state index is 0.138. The fourth-order valence-electron chi connectivity index (χ4n) is 1.33. The molecule has 0 bridgehead atoms. The lowest BCUT2D eigenvalue weighted by molar-refractivity contribution is -0.130. The average molecular weight is 227 g/mol. The van der Waals surface area contributed by atoms with Crippen molar-refractivity contribution in [3.05, 3.63) is 54.4 Å². The summed E-state index contributed by atoms with van der Waals surface area (Å²) in [6.07, 6.45) is 9.03. The molecule has 0 amide bonds. The van der Waals surface area contributed by atoms with E-state index in [1.807, 2.05) is 0 Å². The van der Waals surface area contributed by atoms with E-state index in [4.69, 9.17) is 5.11 Å². The molecule has 2 aromatic rings. The third-order valence-corrected chi connectivity index (χ3v) is 2.10. The molecule has 0 spiro atoms. The maximum atomic E-state index is 11.2. The summed E-state index contributed by atoms with van der Waals surface area (Å²) in [5.41, 5.74) is 1.32. The van der Waals surface area contributed by atoms with Gasteiger partial charge in [-0.3, -0.25) is 4.98 Å². The molecule has 5 heteroatoms. The van der Waals surface area contributed by atoms with Crippen molar-refractivity contribution in [1.82, 2.24) is 15.0 Å². The normalized spacial score (nSPS) is 11.2. The Morgan fingerprint density at radius 1 is 1.18 bits per heavy atom. The lowest BCUT2D eigenvalue weighted by Crippen LogP contribution is -2.00. The van der Waals surface area contributed by atoms with Crippen LogP contribution in [-0.2, 0) is 4.79 Å². The van der Waals surface area contributed by atoms with Crippen molar-refractivity contribution in [1.29, 1.82) is 0 Å². The summed E-state index contributed by atoms with van der Waals surface area (Å²) in [5, 5.41) is 9.14. The number of hydrogen-bond acceptors (Lipinski definition) is 4. The predicted octanol–water partition coefficient (Wildman–Crippen LogP) is 1.50. The van der Waals surface area contributed by atoms with Gasteiger partial charge in [0.2, 0.25) is 0 Å². The standard InChI is InChI=1S/C12H9N3O2/c16-12(17)11(10-6-14-8-15-7-10)4-9-2-1-3-13-5-9/h1-8H,(H,16,17)/b11-4-. The zero-order chi connectivity index (χ0) is 12.1. The Morgan fingerprint density at radius 2 is 1.94 bits per heavy atom. The number of hydrogen-bond donors (Lipinski definition) is 1. The number of rotatable bonds is 3. The third kappa shape index (κ3) is 2.72. The summed E-state index contributed by atoms with van der Waals surface area (Å²) in [4.78, 5) is 22.7. The molecule has 0 aromatic carbocycles. The summed E-state index contributed by atoms with van der Waals surface area (Å²) in [5.74, 6) is -1.02. The topological polar surface area (TPSA) is 76.0 Å². The number of aromatic nitrogens is 3. The van der Waals surface area contributed by atoms with Gasteiger partial charge in [-0.2, -0.15) is 0 Å². The van der Waals surface area contributed by atoms with Crippen molar-refractivity contribution in [3.63, 3.8) is 0 Å². The second-order valence-electron chi connectivity index (χ2n) is 3.28. The van der Waals surface area contributed by atoms with Gasteiger partial charge in [0.25, 0.3) is 0 Å². The van der Waals surface area contributed by atoms with Crippen LogP contribution in [0.2, 0.25) is 0 Å². The monoisotopic (exact) mass is 227 g/mol. The second-order valence-corrected chi connectivity index (χ2v) is 3.28. The first-order valence-electron chi connectivity index (χ1n) is 4.88. The van der Waals surface area contributed by atoms with Gasteiger partial charge < -0.3 is 5.11 Å². The van der Waals surface area contributed by atoms with Gasteiger partial charge in [0.15, 0.2) is 0 Å². The maximum absolute atomic E-state index is 11.2. The highest BCUT2D eigenvalue weighted by molar-refractivity contribution is 6.20. The van der Waals surface area contributed by atoms with Gasteiger partial charge in [0.05, 0.1) is 5.57 Å². The lowest BCUT2D eigenvalue weighted by Gasteiger charge is -2.01. The highest BCUT2D eigenvalue weighted by Crippen LogP contribution is 2.16. The minimum atomic E-state index is -1.02. The fourth-order valence-corrected chi connectivity index (χ4v) is 1.33. The minimum Gasteiger partial charge on any atom is -0.478 e. The SMILES string of the molecule is O=C(O)/C(=C\c1cccnc1)c1cncnc1. The molecular formula is C12H9N3O2. The zero-order valence-electron chi connectivity index (χ0n) is 8.82. The first-order valence-corrected chi connectivity index (χ1v) is 4.88. The number of pyridine rings is 1. The molecule has 0 saturated heterocycles. The molecule has 84 valence electrons. The van der Waals surface area contributed by atoms with E-state index < -0.39 is 5.97 Å². The smallest absolute Gasteiger partial charge is 0.336 e. The number of aliphatic carboxylic acids is 1. The molecule has 1 N–H and O–H groups in total. The van der Waals surface area contributed by atoms with Crippen LogP contribution in [0.4, 0.5) is 0 Å². The third-order valence-electron chi connectivity index (χ3n) is 2.10. The summed E-state index contributed by atoms with van der Waals surface area (Å²) in [7, 11) is 0. The summed E-state index contributed by atoms with van der Waals surface area (Å²) in [6.45, 7) is 0. The highest BCUT2D eigenvalue weighted by atomic mass is 16.4. The Hall–Kier alpha value is -2.56. The highest BCUT2D eigenvalue weighted by Gasteiger charge is 2.10. The van der Waals surface area contributed by atoms with E-state index in [2.05, 4.69) is 15.0 Å². The summed E-state index contributed by atoms with van der Waals surface area (Å²) >= 11 is 0. The largest absolute Gasteiger partial charge is 0.478 e. The van der Waals surface area contributed by atoms with Gasteiger partial charge in [-0.1, -0.05) is 6.07 Å². The van der Waals surface area contributed by atoms with Crippen LogP contribution >= 0.6 is 0 Å². The molecule has 0 radical (unpaired) electrons. The van der Waals surface area contributed by atoms with Crippen LogP contribution in [-0.4, -0.2) is 26.0 Å². The quantitative estimate of drug-likeness (QED) is 0.804.